The van der Waals surface area contributed by atoms with Gasteiger partial charge in [-0.3, -0.25) is 10.1 Å². The third-order valence-corrected chi connectivity index (χ3v) is 5.77. The zero-order valence-electron chi connectivity index (χ0n) is 13.8. The fraction of sp³-hybridized carbons (Fsp3) is 0.944. The summed E-state index contributed by atoms with van der Waals surface area (Å²) in [7, 11) is 0. The van der Waals surface area contributed by atoms with Crippen LogP contribution in [0.4, 0.5) is 0 Å². The van der Waals surface area contributed by atoms with Crippen LogP contribution in [0.25, 0.3) is 0 Å². The lowest BCUT2D eigenvalue weighted by atomic mass is 10.0. The quantitative estimate of drug-likeness (QED) is 0.840. The number of nitrogens with one attached hydrogen (secondary N) is 1. The van der Waals surface area contributed by atoms with E-state index in [1.165, 1.54) is 51.4 Å². The normalized spacial score (nSPS) is 32.0. The molecule has 0 spiro atoms. The van der Waals surface area contributed by atoms with E-state index in [9.17, 15) is 4.79 Å². The first-order valence-corrected chi connectivity index (χ1v) is 9.21. The van der Waals surface area contributed by atoms with Crippen LogP contribution in [0.1, 0.15) is 71.6 Å². The fourth-order valence-electron chi connectivity index (χ4n) is 4.68. The topological polar surface area (TPSA) is 32.3 Å². The van der Waals surface area contributed by atoms with Gasteiger partial charge in [0.15, 0.2) is 0 Å². The Morgan fingerprint density at radius 2 is 1.71 bits per heavy atom. The van der Waals surface area contributed by atoms with Gasteiger partial charge in [0.2, 0.25) is 5.91 Å². The van der Waals surface area contributed by atoms with Crippen LogP contribution in [0, 0.1) is 17.8 Å². The number of rotatable bonds is 5. The summed E-state index contributed by atoms with van der Waals surface area (Å²) >= 11 is 0. The van der Waals surface area contributed by atoms with Crippen molar-refractivity contribution < 1.29 is 4.79 Å². The van der Waals surface area contributed by atoms with Gasteiger partial charge in [0.1, 0.15) is 0 Å². The molecular formula is C18H32N2O. The molecule has 3 aliphatic rings. The third-order valence-electron chi connectivity index (χ3n) is 5.77. The van der Waals surface area contributed by atoms with Crippen molar-refractivity contribution in [3.8, 4) is 0 Å². The smallest absolute Gasteiger partial charge is 0.241 e. The molecule has 3 heteroatoms. The van der Waals surface area contributed by atoms with Gasteiger partial charge in [0, 0.05) is 6.54 Å². The standard InChI is InChI=1S/C18H32N2O/c1-13(2)11-16-18(21)20(12-14-7-3-4-8-14)17(19-16)15-9-5-6-10-15/h13-17,19H,3-12H2,1-2H3. The number of carbonyl (C=O) groups excluding carboxylic acids is 1. The van der Waals surface area contributed by atoms with Gasteiger partial charge in [0.05, 0.1) is 12.2 Å². The molecule has 0 radical (unpaired) electrons. The number of hydrogen-bond donors (Lipinski definition) is 1. The molecule has 3 nitrogen and oxygen atoms in total. The Balaban J connectivity index is 1.69. The van der Waals surface area contributed by atoms with Crippen LogP contribution in [0.15, 0.2) is 0 Å². The van der Waals surface area contributed by atoms with E-state index in [1.54, 1.807) is 0 Å². The molecule has 2 saturated carbocycles. The van der Waals surface area contributed by atoms with Crippen molar-refractivity contribution in [1.29, 1.82) is 0 Å². The molecule has 1 amide bonds. The minimum Gasteiger partial charge on any atom is -0.325 e. The van der Waals surface area contributed by atoms with Crippen molar-refractivity contribution in [1.82, 2.24) is 10.2 Å². The summed E-state index contributed by atoms with van der Waals surface area (Å²) in [6.07, 6.45) is 12.0. The SMILES string of the molecule is CC(C)CC1NC(C2CCCC2)N(CC2CCCC2)C1=O. The van der Waals surface area contributed by atoms with Crippen molar-refractivity contribution in [2.45, 2.75) is 83.8 Å². The van der Waals surface area contributed by atoms with E-state index in [4.69, 9.17) is 0 Å². The van der Waals surface area contributed by atoms with E-state index in [0.717, 1.165) is 18.9 Å². The Kier molecular flexibility index (Phi) is 4.88. The highest BCUT2D eigenvalue weighted by Gasteiger charge is 2.43. The van der Waals surface area contributed by atoms with Crippen molar-refractivity contribution in [2.75, 3.05) is 6.54 Å². The van der Waals surface area contributed by atoms with E-state index in [2.05, 4.69) is 24.1 Å². The number of carbonyl (C=O) groups is 1. The van der Waals surface area contributed by atoms with E-state index in [1.807, 2.05) is 0 Å². The Morgan fingerprint density at radius 3 is 2.33 bits per heavy atom. The summed E-state index contributed by atoms with van der Waals surface area (Å²) in [5, 5.41) is 3.71. The second-order valence-electron chi connectivity index (χ2n) is 7.98. The van der Waals surface area contributed by atoms with Crippen molar-refractivity contribution >= 4 is 5.91 Å². The molecule has 0 aromatic carbocycles. The second-order valence-corrected chi connectivity index (χ2v) is 7.98. The fourth-order valence-corrected chi connectivity index (χ4v) is 4.68. The molecular weight excluding hydrogens is 260 g/mol. The van der Waals surface area contributed by atoms with Gasteiger partial charge in [-0.2, -0.15) is 0 Å². The van der Waals surface area contributed by atoms with Gasteiger partial charge in [-0.15, -0.1) is 0 Å². The molecule has 120 valence electrons. The van der Waals surface area contributed by atoms with Gasteiger partial charge in [-0.25, -0.2) is 0 Å². The minimum absolute atomic E-state index is 0.0806. The van der Waals surface area contributed by atoms with Crippen LogP contribution < -0.4 is 5.32 Å². The van der Waals surface area contributed by atoms with Crippen LogP contribution in [0.2, 0.25) is 0 Å². The molecule has 0 aromatic heterocycles. The van der Waals surface area contributed by atoms with Gasteiger partial charge in [0.25, 0.3) is 0 Å². The Hall–Kier alpha value is -0.570. The van der Waals surface area contributed by atoms with Crippen LogP contribution in [0.3, 0.4) is 0 Å². The first-order chi connectivity index (χ1) is 10.1. The average molecular weight is 292 g/mol. The first kappa shape index (κ1) is 15.3. The highest BCUT2D eigenvalue weighted by Crippen LogP contribution is 2.35. The molecule has 0 bridgehead atoms. The molecule has 1 heterocycles. The highest BCUT2D eigenvalue weighted by atomic mass is 16.2. The maximum Gasteiger partial charge on any atom is 0.241 e. The zero-order chi connectivity index (χ0) is 14.8. The third kappa shape index (κ3) is 3.44. The number of amides is 1. The van der Waals surface area contributed by atoms with E-state index in [0.29, 0.717) is 23.9 Å². The van der Waals surface area contributed by atoms with Crippen LogP contribution >= 0.6 is 0 Å². The molecule has 3 fully saturated rings. The van der Waals surface area contributed by atoms with Gasteiger partial charge in [-0.1, -0.05) is 39.5 Å². The summed E-state index contributed by atoms with van der Waals surface area (Å²) in [6.45, 7) is 5.46. The predicted octanol–water partition coefficient (Wildman–Crippen LogP) is 3.54. The maximum atomic E-state index is 12.9. The molecule has 1 N–H and O–H groups in total. The van der Waals surface area contributed by atoms with Crippen LogP contribution in [-0.4, -0.2) is 29.6 Å². The number of nitrogens with zero attached hydrogens (tertiary/aromatic N) is 1. The van der Waals surface area contributed by atoms with Gasteiger partial charge >= 0.3 is 0 Å². The Labute approximate surface area is 129 Å². The highest BCUT2D eigenvalue weighted by molar-refractivity contribution is 5.84. The molecule has 2 unspecified atom stereocenters. The molecule has 3 rings (SSSR count). The summed E-state index contributed by atoms with van der Waals surface area (Å²) in [5.74, 6) is 2.44. The molecule has 0 aromatic rings. The zero-order valence-corrected chi connectivity index (χ0v) is 13.8. The summed E-state index contributed by atoms with van der Waals surface area (Å²) < 4.78 is 0. The first-order valence-electron chi connectivity index (χ1n) is 9.21. The van der Waals surface area contributed by atoms with Gasteiger partial charge < -0.3 is 4.90 Å². The molecule has 1 saturated heterocycles. The molecule has 1 aliphatic heterocycles. The van der Waals surface area contributed by atoms with Crippen molar-refractivity contribution in [3.63, 3.8) is 0 Å². The lowest BCUT2D eigenvalue weighted by Gasteiger charge is -2.31. The van der Waals surface area contributed by atoms with Crippen LogP contribution in [0.5, 0.6) is 0 Å². The molecule has 21 heavy (non-hydrogen) atoms. The monoisotopic (exact) mass is 292 g/mol. The average Bonchev–Trinajstić information content (AvgIpc) is 3.15. The summed E-state index contributed by atoms with van der Waals surface area (Å²) in [4.78, 5) is 15.1. The van der Waals surface area contributed by atoms with Gasteiger partial charge in [-0.05, 0) is 49.9 Å². The lowest BCUT2D eigenvalue weighted by molar-refractivity contribution is -0.131. The largest absolute Gasteiger partial charge is 0.325 e. The molecule has 2 atom stereocenters. The van der Waals surface area contributed by atoms with Crippen LogP contribution in [-0.2, 0) is 4.79 Å². The second kappa shape index (κ2) is 6.68. The van der Waals surface area contributed by atoms with Crippen molar-refractivity contribution in [2.24, 2.45) is 17.8 Å². The Bertz CT molecular complexity index is 356. The minimum atomic E-state index is 0.0806. The Morgan fingerprint density at radius 1 is 1.10 bits per heavy atom. The van der Waals surface area contributed by atoms with E-state index >= 15 is 0 Å². The summed E-state index contributed by atoms with van der Waals surface area (Å²) in [5.41, 5.74) is 0. The van der Waals surface area contributed by atoms with Crippen molar-refractivity contribution in [3.05, 3.63) is 0 Å². The predicted molar refractivity (Wildman–Crippen MR) is 85.8 cm³/mol. The maximum absolute atomic E-state index is 12.9. The number of hydrogen-bond acceptors (Lipinski definition) is 2. The molecule has 2 aliphatic carbocycles. The summed E-state index contributed by atoms with van der Waals surface area (Å²) in [6, 6.07) is 0.0806. The van der Waals surface area contributed by atoms with E-state index in [-0.39, 0.29) is 6.04 Å². The lowest BCUT2D eigenvalue weighted by Crippen LogP contribution is -2.44. The van der Waals surface area contributed by atoms with E-state index < -0.39 is 0 Å².